The first-order valence-corrected chi connectivity index (χ1v) is 12.4. The molecule has 32 heavy (non-hydrogen) atoms. The molecule has 2 heterocycles. The smallest absolute Gasteiger partial charge is 0.374 e. The lowest BCUT2D eigenvalue weighted by Crippen LogP contribution is -2.43. The summed E-state index contributed by atoms with van der Waals surface area (Å²) in [5.74, 6) is -0.767. The van der Waals surface area contributed by atoms with Gasteiger partial charge in [0.15, 0.2) is 0 Å². The summed E-state index contributed by atoms with van der Waals surface area (Å²) >= 11 is 0. The van der Waals surface area contributed by atoms with Crippen LogP contribution >= 0.6 is 0 Å². The second-order valence-electron chi connectivity index (χ2n) is 7.91. The van der Waals surface area contributed by atoms with Crippen molar-refractivity contribution in [1.29, 1.82) is 0 Å². The van der Waals surface area contributed by atoms with Gasteiger partial charge in [0.1, 0.15) is 0 Å². The van der Waals surface area contributed by atoms with Gasteiger partial charge in [0.05, 0.1) is 6.61 Å². The molecule has 1 unspecified atom stereocenters. The Morgan fingerprint density at radius 2 is 1.84 bits per heavy atom. The van der Waals surface area contributed by atoms with Crippen molar-refractivity contribution in [2.24, 2.45) is 5.92 Å². The molecule has 1 fully saturated rings. The Morgan fingerprint density at radius 1 is 1.16 bits per heavy atom. The number of furan rings is 1. The van der Waals surface area contributed by atoms with Crippen LogP contribution < -0.4 is 5.32 Å². The number of esters is 1. The van der Waals surface area contributed by atoms with E-state index in [0.717, 1.165) is 6.42 Å². The number of sulfonamides is 1. The average molecular weight is 463 g/mol. The number of amides is 1. The van der Waals surface area contributed by atoms with Crippen LogP contribution in [0.2, 0.25) is 0 Å². The molecule has 3 rings (SSSR count). The Bertz CT molecular complexity index is 1010. The molecule has 0 spiro atoms. The fourth-order valence-electron chi connectivity index (χ4n) is 3.76. The molecule has 2 aromatic rings. The lowest BCUT2D eigenvalue weighted by atomic mass is 9.96. The van der Waals surface area contributed by atoms with Crippen molar-refractivity contribution in [3.63, 3.8) is 0 Å². The fraction of sp³-hybridized carbons (Fsp3) is 0.478. The van der Waals surface area contributed by atoms with Gasteiger partial charge >= 0.3 is 5.97 Å². The summed E-state index contributed by atoms with van der Waals surface area (Å²) in [5.41, 5.74) is 1.24. The van der Waals surface area contributed by atoms with E-state index >= 15 is 0 Å². The van der Waals surface area contributed by atoms with Crippen LogP contribution in [-0.4, -0.2) is 50.8 Å². The van der Waals surface area contributed by atoms with E-state index in [2.05, 4.69) is 24.4 Å². The number of carbonyl (C=O) groups excluding carboxylic acids is 2. The monoisotopic (exact) mass is 462 g/mol. The van der Waals surface area contributed by atoms with Crippen molar-refractivity contribution in [3.8, 4) is 0 Å². The van der Waals surface area contributed by atoms with Gasteiger partial charge in [-0.3, -0.25) is 4.79 Å². The number of nitrogens with one attached hydrogen (secondary N) is 1. The van der Waals surface area contributed by atoms with Gasteiger partial charge < -0.3 is 14.5 Å². The average Bonchev–Trinajstić information content (AvgIpc) is 3.31. The maximum absolute atomic E-state index is 12.8. The zero-order valence-electron chi connectivity index (χ0n) is 18.5. The number of nitrogens with zero attached hydrogens (tertiary/aromatic N) is 1. The molecule has 0 bridgehead atoms. The van der Waals surface area contributed by atoms with E-state index in [-0.39, 0.29) is 42.4 Å². The van der Waals surface area contributed by atoms with Crippen LogP contribution in [-0.2, 0) is 19.6 Å². The minimum atomic E-state index is -3.87. The van der Waals surface area contributed by atoms with Crippen molar-refractivity contribution >= 4 is 21.9 Å². The molecule has 1 aliphatic rings. The largest absolute Gasteiger partial charge is 0.460 e. The highest BCUT2D eigenvalue weighted by Gasteiger charge is 2.34. The molecule has 9 heteroatoms. The SMILES string of the molecule is CCOC(=O)c1ccc(S(=O)(=O)N2CCC(C(=O)NCCC(C)c3ccccc3)CC2)o1. The lowest BCUT2D eigenvalue weighted by molar-refractivity contribution is -0.126. The van der Waals surface area contributed by atoms with E-state index in [1.54, 1.807) is 6.92 Å². The van der Waals surface area contributed by atoms with E-state index in [1.165, 1.54) is 22.0 Å². The molecule has 8 nitrogen and oxygen atoms in total. The van der Waals surface area contributed by atoms with E-state index in [1.807, 2.05) is 18.2 Å². The zero-order chi connectivity index (χ0) is 23.1. The summed E-state index contributed by atoms with van der Waals surface area (Å²) in [5, 5.41) is 2.70. The van der Waals surface area contributed by atoms with Crippen LogP contribution in [0.25, 0.3) is 0 Å². The Labute approximate surface area is 189 Å². The third-order valence-corrected chi connectivity index (χ3v) is 7.49. The summed E-state index contributed by atoms with van der Waals surface area (Å²) < 4.78 is 37.0. The number of benzene rings is 1. The van der Waals surface area contributed by atoms with Gasteiger partial charge in [0, 0.05) is 25.6 Å². The Balaban J connectivity index is 1.47. The molecule has 0 saturated carbocycles. The lowest BCUT2D eigenvalue weighted by Gasteiger charge is -2.29. The molecule has 1 aromatic carbocycles. The summed E-state index contributed by atoms with van der Waals surface area (Å²) in [7, 11) is -3.87. The molecule has 1 aliphatic heterocycles. The van der Waals surface area contributed by atoms with Crippen LogP contribution in [0.5, 0.6) is 0 Å². The van der Waals surface area contributed by atoms with Crippen LogP contribution in [0.4, 0.5) is 0 Å². The second kappa shape index (κ2) is 10.8. The molecule has 1 amide bonds. The first kappa shape index (κ1) is 24.0. The summed E-state index contributed by atoms with van der Waals surface area (Å²) in [6.07, 6.45) is 1.71. The van der Waals surface area contributed by atoms with Gasteiger partial charge in [-0.2, -0.15) is 4.31 Å². The highest BCUT2D eigenvalue weighted by atomic mass is 32.2. The third kappa shape index (κ3) is 5.77. The van der Waals surface area contributed by atoms with Crippen molar-refractivity contribution in [1.82, 2.24) is 9.62 Å². The highest BCUT2D eigenvalue weighted by Crippen LogP contribution is 2.26. The Hall–Kier alpha value is -2.65. The van der Waals surface area contributed by atoms with Crippen LogP contribution in [0.1, 0.15) is 55.1 Å². The Kier molecular flexibility index (Phi) is 8.09. The highest BCUT2D eigenvalue weighted by molar-refractivity contribution is 7.89. The third-order valence-electron chi connectivity index (χ3n) is 5.72. The molecular weight excluding hydrogens is 432 g/mol. The number of ether oxygens (including phenoxy) is 1. The fourth-order valence-corrected chi connectivity index (χ4v) is 5.14. The minimum Gasteiger partial charge on any atom is -0.460 e. The quantitative estimate of drug-likeness (QED) is 0.574. The van der Waals surface area contributed by atoms with Crippen LogP contribution in [0.3, 0.4) is 0 Å². The van der Waals surface area contributed by atoms with Gasteiger partial charge in [0.25, 0.3) is 10.0 Å². The molecular formula is C23H30N2O6S. The summed E-state index contributed by atoms with van der Waals surface area (Å²) in [6, 6.07) is 12.7. The van der Waals surface area contributed by atoms with Crippen LogP contribution in [0, 0.1) is 5.92 Å². The molecule has 1 saturated heterocycles. The summed E-state index contributed by atoms with van der Waals surface area (Å²) in [4.78, 5) is 24.3. The molecule has 1 aromatic heterocycles. The van der Waals surface area contributed by atoms with Gasteiger partial charge in [-0.05, 0) is 49.8 Å². The molecule has 1 atom stereocenters. The van der Waals surface area contributed by atoms with Crippen molar-refractivity contribution < 1.29 is 27.2 Å². The molecule has 0 radical (unpaired) electrons. The Morgan fingerprint density at radius 3 is 2.50 bits per heavy atom. The normalized spacial score (nSPS) is 16.4. The van der Waals surface area contributed by atoms with E-state index in [9.17, 15) is 18.0 Å². The second-order valence-corrected chi connectivity index (χ2v) is 9.78. The van der Waals surface area contributed by atoms with Gasteiger partial charge in [-0.15, -0.1) is 0 Å². The zero-order valence-corrected chi connectivity index (χ0v) is 19.3. The van der Waals surface area contributed by atoms with E-state index < -0.39 is 16.0 Å². The molecule has 0 aliphatic carbocycles. The van der Waals surface area contributed by atoms with Crippen molar-refractivity contribution in [2.45, 2.75) is 44.1 Å². The summed E-state index contributed by atoms with van der Waals surface area (Å²) in [6.45, 7) is 4.97. The standard InChI is InChI=1S/C23H30N2O6S/c1-3-30-23(27)20-9-10-21(31-20)32(28,29)25-15-12-19(13-16-25)22(26)24-14-11-17(2)18-7-5-4-6-8-18/h4-10,17,19H,3,11-16H2,1-2H3,(H,24,26). The maximum atomic E-state index is 12.8. The van der Waals surface area contributed by atoms with Crippen molar-refractivity contribution in [2.75, 3.05) is 26.2 Å². The van der Waals surface area contributed by atoms with Gasteiger partial charge in [-0.25, -0.2) is 13.2 Å². The first-order valence-electron chi connectivity index (χ1n) is 10.9. The molecule has 174 valence electrons. The number of carbonyl (C=O) groups is 2. The van der Waals surface area contributed by atoms with Gasteiger partial charge in [-0.1, -0.05) is 37.3 Å². The minimum absolute atomic E-state index is 0.0371. The van der Waals surface area contributed by atoms with Crippen molar-refractivity contribution in [3.05, 3.63) is 53.8 Å². The number of hydrogen-bond donors (Lipinski definition) is 1. The van der Waals surface area contributed by atoms with Gasteiger partial charge in [0.2, 0.25) is 16.8 Å². The maximum Gasteiger partial charge on any atom is 0.374 e. The number of hydrogen-bond acceptors (Lipinski definition) is 6. The van der Waals surface area contributed by atoms with E-state index in [0.29, 0.717) is 25.3 Å². The van der Waals surface area contributed by atoms with E-state index in [4.69, 9.17) is 9.15 Å². The van der Waals surface area contributed by atoms with Crippen LogP contribution in [0.15, 0.2) is 52.0 Å². The number of rotatable bonds is 9. The first-order chi connectivity index (χ1) is 15.3. The number of piperidine rings is 1. The molecule has 1 N–H and O–H groups in total. The predicted octanol–water partition coefficient (Wildman–Crippen LogP) is 3.17. The predicted molar refractivity (Wildman–Crippen MR) is 119 cm³/mol. The topological polar surface area (TPSA) is 106 Å².